The molecule has 1 heterocycles. The van der Waals surface area contributed by atoms with Crippen molar-refractivity contribution >= 4 is 17.4 Å². The van der Waals surface area contributed by atoms with Crippen LogP contribution in [0.3, 0.4) is 0 Å². The molecule has 0 bridgehead atoms. The zero-order valence-electron chi connectivity index (χ0n) is 13.4. The van der Waals surface area contributed by atoms with Gasteiger partial charge in [-0.3, -0.25) is 4.79 Å². The van der Waals surface area contributed by atoms with Crippen molar-refractivity contribution in [2.45, 2.75) is 45.1 Å². The first-order chi connectivity index (χ1) is 11.3. The van der Waals surface area contributed by atoms with E-state index in [-0.39, 0.29) is 5.91 Å². The smallest absolute Gasteiger partial charge is 0.271 e. The Morgan fingerprint density at radius 2 is 1.96 bits per heavy atom. The highest BCUT2D eigenvalue weighted by molar-refractivity contribution is 5.92. The van der Waals surface area contributed by atoms with Gasteiger partial charge in [0.1, 0.15) is 11.5 Å². The summed E-state index contributed by atoms with van der Waals surface area (Å²) in [6.45, 7) is 2.11. The molecule has 5 nitrogen and oxygen atoms in total. The maximum atomic E-state index is 12.1. The van der Waals surface area contributed by atoms with Crippen LogP contribution in [0.1, 0.15) is 48.7 Å². The summed E-state index contributed by atoms with van der Waals surface area (Å²) in [5, 5.41) is 6.28. The summed E-state index contributed by atoms with van der Waals surface area (Å²) in [5.74, 6) is 0.508. The van der Waals surface area contributed by atoms with Crippen LogP contribution in [-0.2, 0) is 6.42 Å². The number of anilines is 2. The Labute approximate surface area is 136 Å². The Morgan fingerprint density at radius 3 is 2.65 bits per heavy atom. The molecule has 0 saturated heterocycles. The standard InChI is InChI=1S/C18H22N4O/c1-2-13-7-3-6-10-15(13)22-17-12-19-16(11-20-17)18(23)21-14-8-4-5-9-14/h3,6-7,10-12,14H,2,4-5,8-9H2,1H3,(H,20,22)(H,21,23). The van der Waals surface area contributed by atoms with E-state index in [0.29, 0.717) is 17.6 Å². The predicted molar refractivity (Wildman–Crippen MR) is 90.9 cm³/mol. The molecule has 1 fully saturated rings. The molecule has 0 atom stereocenters. The van der Waals surface area contributed by atoms with Crippen LogP contribution in [-0.4, -0.2) is 21.9 Å². The monoisotopic (exact) mass is 310 g/mol. The van der Waals surface area contributed by atoms with E-state index in [4.69, 9.17) is 0 Å². The molecule has 2 N–H and O–H groups in total. The predicted octanol–water partition coefficient (Wildman–Crippen LogP) is 3.46. The third-order valence-corrected chi connectivity index (χ3v) is 4.24. The normalized spacial score (nSPS) is 14.7. The summed E-state index contributed by atoms with van der Waals surface area (Å²) in [4.78, 5) is 20.7. The number of rotatable bonds is 5. The first-order valence-corrected chi connectivity index (χ1v) is 8.24. The summed E-state index contributed by atoms with van der Waals surface area (Å²) in [6, 6.07) is 8.39. The number of amides is 1. The van der Waals surface area contributed by atoms with Crippen LogP contribution in [0.5, 0.6) is 0 Å². The van der Waals surface area contributed by atoms with Crippen molar-refractivity contribution in [2.24, 2.45) is 0 Å². The number of aromatic nitrogens is 2. The van der Waals surface area contributed by atoms with E-state index >= 15 is 0 Å². The number of nitrogens with zero attached hydrogens (tertiary/aromatic N) is 2. The van der Waals surface area contributed by atoms with Crippen LogP contribution < -0.4 is 10.6 Å². The number of nitrogens with one attached hydrogen (secondary N) is 2. The van der Waals surface area contributed by atoms with E-state index in [1.807, 2.05) is 18.2 Å². The summed E-state index contributed by atoms with van der Waals surface area (Å²) >= 11 is 0. The highest BCUT2D eigenvalue weighted by Crippen LogP contribution is 2.20. The van der Waals surface area contributed by atoms with Gasteiger partial charge in [-0.2, -0.15) is 0 Å². The highest BCUT2D eigenvalue weighted by Gasteiger charge is 2.18. The molecular weight excluding hydrogens is 288 g/mol. The molecule has 0 aliphatic heterocycles. The van der Waals surface area contributed by atoms with E-state index in [2.05, 4.69) is 33.6 Å². The highest BCUT2D eigenvalue weighted by atomic mass is 16.1. The van der Waals surface area contributed by atoms with Crippen LogP contribution in [0.4, 0.5) is 11.5 Å². The van der Waals surface area contributed by atoms with E-state index in [0.717, 1.165) is 24.9 Å². The number of carbonyl (C=O) groups is 1. The zero-order chi connectivity index (χ0) is 16.1. The summed E-state index contributed by atoms with van der Waals surface area (Å²) in [7, 11) is 0. The number of carbonyl (C=O) groups excluding carboxylic acids is 1. The number of benzene rings is 1. The van der Waals surface area contributed by atoms with Crippen LogP contribution in [0.2, 0.25) is 0 Å². The van der Waals surface area contributed by atoms with E-state index in [1.165, 1.54) is 24.6 Å². The number of hydrogen-bond acceptors (Lipinski definition) is 4. The number of para-hydroxylation sites is 1. The van der Waals surface area contributed by atoms with Crippen LogP contribution in [0, 0.1) is 0 Å². The van der Waals surface area contributed by atoms with Gasteiger partial charge in [-0.05, 0) is 30.9 Å². The van der Waals surface area contributed by atoms with Gasteiger partial charge in [-0.1, -0.05) is 38.0 Å². The van der Waals surface area contributed by atoms with Crippen molar-refractivity contribution in [1.29, 1.82) is 0 Å². The fourth-order valence-electron chi connectivity index (χ4n) is 2.93. The third kappa shape index (κ3) is 3.86. The fraction of sp³-hybridized carbons (Fsp3) is 0.389. The quantitative estimate of drug-likeness (QED) is 0.887. The zero-order valence-corrected chi connectivity index (χ0v) is 13.4. The Kier molecular flexibility index (Phi) is 4.86. The topological polar surface area (TPSA) is 66.9 Å². The maximum Gasteiger partial charge on any atom is 0.271 e. The van der Waals surface area contributed by atoms with Crippen molar-refractivity contribution in [3.63, 3.8) is 0 Å². The van der Waals surface area contributed by atoms with Gasteiger partial charge in [0, 0.05) is 11.7 Å². The molecule has 1 aliphatic rings. The third-order valence-electron chi connectivity index (χ3n) is 4.24. The Balaban J connectivity index is 1.65. The second-order valence-electron chi connectivity index (χ2n) is 5.88. The second-order valence-corrected chi connectivity index (χ2v) is 5.88. The lowest BCUT2D eigenvalue weighted by Crippen LogP contribution is -2.33. The molecule has 1 aromatic carbocycles. The molecule has 2 aromatic rings. The lowest BCUT2D eigenvalue weighted by molar-refractivity contribution is 0.0932. The van der Waals surface area contributed by atoms with E-state index in [9.17, 15) is 4.79 Å². The molecule has 1 amide bonds. The van der Waals surface area contributed by atoms with Crippen LogP contribution in [0.15, 0.2) is 36.7 Å². The summed E-state index contributed by atoms with van der Waals surface area (Å²) in [6.07, 6.45) is 8.58. The molecule has 0 unspecified atom stereocenters. The van der Waals surface area contributed by atoms with Crippen molar-refractivity contribution in [3.8, 4) is 0 Å². The lowest BCUT2D eigenvalue weighted by atomic mass is 10.1. The van der Waals surface area contributed by atoms with Gasteiger partial charge in [0.25, 0.3) is 5.91 Å². The Morgan fingerprint density at radius 1 is 1.17 bits per heavy atom. The van der Waals surface area contributed by atoms with Gasteiger partial charge >= 0.3 is 0 Å². The molecule has 0 spiro atoms. The minimum Gasteiger partial charge on any atom is -0.348 e. The molecule has 1 saturated carbocycles. The van der Waals surface area contributed by atoms with Crippen molar-refractivity contribution in [3.05, 3.63) is 47.9 Å². The van der Waals surface area contributed by atoms with Crippen molar-refractivity contribution in [1.82, 2.24) is 15.3 Å². The molecule has 0 radical (unpaired) electrons. The molecule has 23 heavy (non-hydrogen) atoms. The average Bonchev–Trinajstić information content (AvgIpc) is 3.09. The lowest BCUT2D eigenvalue weighted by Gasteiger charge is -2.12. The van der Waals surface area contributed by atoms with Gasteiger partial charge < -0.3 is 10.6 Å². The van der Waals surface area contributed by atoms with Gasteiger partial charge in [0.15, 0.2) is 0 Å². The van der Waals surface area contributed by atoms with Crippen LogP contribution >= 0.6 is 0 Å². The molecular formula is C18H22N4O. The molecule has 1 aromatic heterocycles. The van der Waals surface area contributed by atoms with Crippen molar-refractivity contribution < 1.29 is 4.79 Å². The first kappa shape index (κ1) is 15.5. The van der Waals surface area contributed by atoms with Gasteiger partial charge in [-0.25, -0.2) is 9.97 Å². The molecule has 5 heteroatoms. The largest absolute Gasteiger partial charge is 0.348 e. The number of hydrogen-bond donors (Lipinski definition) is 2. The van der Waals surface area contributed by atoms with Crippen LogP contribution in [0.25, 0.3) is 0 Å². The van der Waals surface area contributed by atoms with E-state index < -0.39 is 0 Å². The number of aryl methyl sites for hydroxylation is 1. The van der Waals surface area contributed by atoms with Crippen molar-refractivity contribution in [2.75, 3.05) is 5.32 Å². The Hall–Kier alpha value is -2.43. The van der Waals surface area contributed by atoms with Gasteiger partial charge in [0.05, 0.1) is 12.4 Å². The SMILES string of the molecule is CCc1ccccc1Nc1cnc(C(=O)NC2CCCC2)cn1. The Bertz CT molecular complexity index is 663. The molecule has 1 aliphatic carbocycles. The maximum absolute atomic E-state index is 12.1. The minimum absolute atomic E-state index is 0.134. The second kappa shape index (κ2) is 7.22. The first-order valence-electron chi connectivity index (χ1n) is 8.24. The summed E-state index contributed by atoms with van der Waals surface area (Å²) in [5.41, 5.74) is 2.61. The molecule has 3 rings (SSSR count). The van der Waals surface area contributed by atoms with Gasteiger partial charge in [-0.15, -0.1) is 0 Å². The molecule has 120 valence electrons. The average molecular weight is 310 g/mol. The van der Waals surface area contributed by atoms with Gasteiger partial charge in [0.2, 0.25) is 0 Å². The minimum atomic E-state index is -0.134. The summed E-state index contributed by atoms with van der Waals surface area (Å²) < 4.78 is 0. The fourth-order valence-corrected chi connectivity index (χ4v) is 2.93. The van der Waals surface area contributed by atoms with E-state index in [1.54, 1.807) is 6.20 Å².